The molecule has 1 fully saturated rings. The highest BCUT2D eigenvalue weighted by molar-refractivity contribution is 6.01. The number of nitrogens with zero attached hydrogens (tertiary/aromatic N) is 1. The SMILES string of the molecule is CCOc1ccccc1N1CC(C(=O)NCCCOCC(C)C)CC1=O. The maximum atomic E-state index is 12.4. The van der Waals surface area contributed by atoms with E-state index < -0.39 is 0 Å². The summed E-state index contributed by atoms with van der Waals surface area (Å²) < 4.78 is 11.1. The van der Waals surface area contributed by atoms with E-state index in [0.717, 1.165) is 18.7 Å². The molecule has 1 aromatic carbocycles. The van der Waals surface area contributed by atoms with Crippen molar-refractivity contribution in [1.29, 1.82) is 0 Å². The largest absolute Gasteiger partial charge is 0.492 e. The normalized spacial score (nSPS) is 17.0. The highest BCUT2D eigenvalue weighted by Gasteiger charge is 2.36. The van der Waals surface area contributed by atoms with Crippen LogP contribution in [0.4, 0.5) is 5.69 Å². The summed E-state index contributed by atoms with van der Waals surface area (Å²) in [5.74, 6) is 0.747. The topological polar surface area (TPSA) is 67.9 Å². The van der Waals surface area contributed by atoms with Crippen LogP contribution in [0.3, 0.4) is 0 Å². The predicted molar refractivity (Wildman–Crippen MR) is 101 cm³/mol. The van der Waals surface area contributed by atoms with Gasteiger partial charge >= 0.3 is 0 Å². The molecule has 1 heterocycles. The van der Waals surface area contributed by atoms with E-state index in [4.69, 9.17) is 9.47 Å². The maximum Gasteiger partial charge on any atom is 0.227 e. The lowest BCUT2D eigenvalue weighted by Crippen LogP contribution is -2.34. The minimum atomic E-state index is -0.325. The Bertz CT molecular complexity index is 603. The second kappa shape index (κ2) is 10.2. The van der Waals surface area contributed by atoms with Crippen molar-refractivity contribution in [1.82, 2.24) is 5.32 Å². The highest BCUT2D eigenvalue weighted by atomic mass is 16.5. The lowest BCUT2D eigenvalue weighted by molar-refractivity contribution is -0.126. The molecule has 0 aromatic heterocycles. The fraction of sp³-hybridized carbons (Fsp3) is 0.600. The van der Waals surface area contributed by atoms with Gasteiger partial charge in [-0.2, -0.15) is 0 Å². The summed E-state index contributed by atoms with van der Waals surface area (Å²) in [6.45, 7) is 8.97. The quantitative estimate of drug-likeness (QED) is 0.650. The van der Waals surface area contributed by atoms with Crippen molar-refractivity contribution in [3.63, 3.8) is 0 Å². The zero-order valence-corrected chi connectivity index (χ0v) is 16.0. The van der Waals surface area contributed by atoms with Crippen LogP contribution >= 0.6 is 0 Å². The van der Waals surface area contributed by atoms with Gasteiger partial charge in [-0.3, -0.25) is 9.59 Å². The average molecular weight is 362 g/mol. The molecule has 1 unspecified atom stereocenters. The Morgan fingerprint density at radius 1 is 1.35 bits per heavy atom. The van der Waals surface area contributed by atoms with Crippen LogP contribution in [0, 0.1) is 11.8 Å². The monoisotopic (exact) mass is 362 g/mol. The van der Waals surface area contributed by atoms with Crippen molar-refractivity contribution >= 4 is 17.5 Å². The molecule has 144 valence electrons. The first-order valence-corrected chi connectivity index (χ1v) is 9.40. The van der Waals surface area contributed by atoms with Gasteiger partial charge in [0.15, 0.2) is 0 Å². The molecule has 0 aliphatic carbocycles. The zero-order valence-electron chi connectivity index (χ0n) is 16.0. The van der Waals surface area contributed by atoms with E-state index in [0.29, 0.717) is 38.0 Å². The molecule has 1 N–H and O–H groups in total. The molecule has 2 amide bonds. The zero-order chi connectivity index (χ0) is 18.9. The molecule has 0 spiro atoms. The van der Waals surface area contributed by atoms with Gasteiger partial charge in [-0.25, -0.2) is 0 Å². The van der Waals surface area contributed by atoms with E-state index in [9.17, 15) is 9.59 Å². The van der Waals surface area contributed by atoms with Gasteiger partial charge in [0.2, 0.25) is 11.8 Å². The molecule has 2 rings (SSSR count). The van der Waals surface area contributed by atoms with Crippen molar-refractivity contribution in [3.05, 3.63) is 24.3 Å². The minimum Gasteiger partial charge on any atom is -0.492 e. The lowest BCUT2D eigenvalue weighted by atomic mass is 10.1. The molecule has 1 aromatic rings. The smallest absolute Gasteiger partial charge is 0.227 e. The fourth-order valence-electron chi connectivity index (χ4n) is 2.92. The second-order valence-corrected chi connectivity index (χ2v) is 6.92. The van der Waals surface area contributed by atoms with Crippen molar-refractivity contribution < 1.29 is 19.1 Å². The van der Waals surface area contributed by atoms with Crippen LogP contribution in [-0.2, 0) is 14.3 Å². The van der Waals surface area contributed by atoms with Crippen molar-refractivity contribution in [2.45, 2.75) is 33.6 Å². The van der Waals surface area contributed by atoms with Crippen molar-refractivity contribution in [3.8, 4) is 5.75 Å². The first-order chi connectivity index (χ1) is 12.5. The first kappa shape index (κ1) is 20.2. The molecule has 0 saturated carbocycles. The predicted octanol–water partition coefficient (Wildman–Crippen LogP) is 2.62. The summed E-state index contributed by atoms with van der Waals surface area (Å²) in [7, 11) is 0. The number of rotatable bonds is 10. The average Bonchev–Trinajstić information content (AvgIpc) is 3.00. The van der Waals surface area contributed by atoms with E-state index in [1.165, 1.54) is 0 Å². The fourth-order valence-corrected chi connectivity index (χ4v) is 2.92. The number of benzene rings is 1. The number of ether oxygens (including phenoxy) is 2. The van der Waals surface area contributed by atoms with Gasteiger partial charge in [0.05, 0.1) is 18.2 Å². The van der Waals surface area contributed by atoms with E-state index in [1.54, 1.807) is 4.90 Å². The van der Waals surface area contributed by atoms with E-state index in [2.05, 4.69) is 19.2 Å². The summed E-state index contributed by atoms with van der Waals surface area (Å²) in [4.78, 5) is 26.4. The highest BCUT2D eigenvalue weighted by Crippen LogP contribution is 2.33. The maximum absolute atomic E-state index is 12.4. The van der Waals surface area contributed by atoms with Crippen molar-refractivity contribution in [2.75, 3.05) is 37.8 Å². The summed E-state index contributed by atoms with van der Waals surface area (Å²) in [6, 6.07) is 7.45. The third-order valence-corrected chi connectivity index (χ3v) is 4.17. The summed E-state index contributed by atoms with van der Waals surface area (Å²) >= 11 is 0. The number of anilines is 1. The molecule has 0 bridgehead atoms. The van der Waals surface area contributed by atoms with Crippen LogP contribution in [0.15, 0.2) is 24.3 Å². The number of carbonyl (C=O) groups excluding carboxylic acids is 2. The molecule has 1 saturated heterocycles. The number of hydrogen-bond acceptors (Lipinski definition) is 4. The standard InChI is InChI=1S/C20H30N2O4/c1-4-26-18-9-6-5-8-17(18)22-13-16(12-19(22)23)20(24)21-10-7-11-25-14-15(2)3/h5-6,8-9,15-16H,4,7,10-14H2,1-3H3,(H,21,24). The summed E-state index contributed by atoms with van der Waals surface area (Å²) in [5.41, 5.74) is 0.733. The van der Waals surface area contributed by atoms with Crippen LogP contribution in [0.1, 0.15) is 33.6 Å². The molecule has 6 nitrogen and oxygen atoms in total. The Hall–Kier alpha value is -2.08. The summed E-state index contributed by atoms with van der Waals surface area (Å²) in [6.07, 6.45) is 1.01. The van der Waals surface area contributed by atoms with E-state index in [1.807, 2.05) is 31.2 Å². The minimum absolute atomic E-state index is 0.0439. The Balaban J connectivity index is 1.82. The number of amides is 2. The van der Waals surface area contributed by atoms with Crippen molar-refractivity contribution in [2.24, 2.45) is 11.8 Å². The van der Waals surface area contributed by atoms with Gasteiger partial charge in [0, 0.05) is 32.7 Å². The van der Waals surface area contributed by atoms with Crippen LogP contribution < -0.4 is 15.0 Å². The molecule has 1 atom stereocenters. The Kier molecular flexibility index (Phi) is 7.91. The first-order valence-electron chi connectivity index (χ1n) is 9.40. The van der Waals surface area contributed by atoms with E-state index >= 15 is 0 Å². The number of carbonyl (C=O) groups is 2. The molecule has 6 heteroatoms. The van der Waals surface area contributed by atoms with Crippen LogP contribution in [0.5, 0.6) is 5.75 Å². The molecular weight excluding hydrogens is 332 g/mol. The third-order valence-electron chi connectivity index (χ3n) is 4.17. The van der Waals surface area contributed by atoms with Gasteiger partial charge in [0.1, 0.15) is 5.75 Å². The number of para-hydroxylation sites is 2. The number of hydrogen-bond donors (Lipinski definition) is 1. The Morgan fingerprint density at radius 2 is 2.12 bits per heavy atom. The van der Waals surface area contributed by atoms with Crippen LogP contribution in [0.2, 0.25) is 0 Å². The van der Waals surface area contributed by atoms with Gasteiger partial charge in [-0.05, 0) is 31.4 Å². The van der Waals surface area contributed by atoms with Gasteiger partial charge in [0.25, 0.3) is 0 Å². The van der Waals surface area contributed by atoms with Crippen LogP contribution in [-0.4, -0.2) is 44.7 Å². The molecule has 26 heavy (non-hydrogen) atoms. The van der Waals surface area contributed by atoms with E-state index in [-0.39, 0.29) is 24.2 Å². The molecule has 0 radical (unpaired) electrons. The molecular formula is C20H30N2O4. The summed E-state index contributed by atoms with van der Waals surface area (Å²) in [5, 5.41) is 2.92. The molecule has 1 aliphatic rings. The second-order valence-electron chi connectivity index (χ2n) is 6.92. The Morgan fingerprint density at radius 3 is 2.85 bits per heavy atom. The van der Waals surface area contributed by atoms with Gasteiger partial charge < -0.3 is 19.7 Å². The lowest BCUT2D eigenvalue weighted by Gasteiger charge is -2.20. The number of nitrogens with one attached hydrogen (secondary N) is 1. The molecule has 1 aliphatic heterocycles. The van der Waals surface area contributed by atoms with Gasteiger partial charge in [-0.1, -0.05) is 26.0 Å². The Labute approximate surface area is 155 Å². The van der Waals surface area contributed by atoms with Crippen LogP contribution in [0.25, 0.3) is 0 Å². The third kappa shape index (κ3) is 5.73. The van der Waals surface area contributed by atoms with Gasteiger partial charge in [-0.15, -0.1) is 0 Å².